The summed E-state index contributed by atoms with van der Waals surface area (Å²) in [5, 5.41) is 3.00. The molecule has 1 aromatic rings. The van der Waals surface area contributed by atoms with Crippen molar-refractivity contribution in [1.82, 2.24) is 5.32 Å². The molecule has 80 valence electrons. The molecular formula is C13H16FN. The van der Waals surface area contributed by atoms with E-state index in [9.17, 15) is 4.39 Å². The molecule has 1 nitrogen and oxygen atoms in total. The summed E-state index contributed by atoms with van der Waals surface area (Å²) in [5.74, 6) is -0.0906. The Balaban J connectivity index is 2.85. The van der Waals surface area contributed by atoms with Crippen molar-refractivity contribution in [3.05, 3.63) is 54.5 Å². The highest BCUT2D eigenvalue weighted by atomic mass is 19.1. The van der Waals surface area contributed by atoms with Crippen molar-refractivity contribution in [2.45, 2.75) is 6.92 Å². The van der Waals surface area contributed by atoms with E-state index < -0.39 is 0 Å². The molecular weight excluding hydrogens is 189 g/mol. The van der Waals surface area contributed by atoms with Gasteiger partial charge in [-0.15, -0.1) is 0 Å². The molecule has 2 heteroatoms. The third-order valence-electron chi connectivity index (χ3n) is 2.58. The highest BCUT2D eigenvalue weighted by molar-refractivity contribution is 5.67. The first-order valence-electron chi connectivity index (χ1n) is 4.87. The number of benzene rings is 1. The van der Waals surface area contributed by atoms with Gasteiger partial charge in [-0.3, -0.25) is 0 Å². The summed E-state index contributed by atoms with van der Waals surface area (Å²) in [4.78, 5) is 0. The third kappa shape index (κ3) is 2.69. The van der Waals surface area contributed by atoms with Crippen molar-refractivity contribution in [3.8, 4) is 0 Å². The van der Waals surface area contributed by atoms with E-state index in [1.165, 1.54) is 12.1 Å². The van der Waals surface area contributed by atoms with Crippen LogP contribution < -0.4 is 5.32 Å². The van der Waals surface area contributed by atoms with Crippen LogP contribution in [0.15, 0.2) is 43.1 Å². The van der Waals surface area contributed by atoms with Crippen LogP contribution in [0.5, 0.6) is 0 Å². The summed E-state index contributed by atoms with van der Waals surface area (Å²) in [6, 6.07) is 6.35. The summed E-state index contributed by atoms with van der Waals surface area (Å²) >= 11 is 0. The minimum atomic E-state index is -0.230. The summed E-state index contributed by atoms with van der Waals surface area (Å²) < 4.78 is 12.7. The molecule has 15 heavy (non-hydrogen) atoms. The predicted octanol–water partition coefficient (Wildman–Crippen LogP) is 3.21. The monoisotopic (exact) mass is 205 g/mol. The largest absolute Gasteiger partial charge is 0.391 e. The number of hydrogen-bond donors (Lipinski definition) is 1. The molecule has 0 aliphatic carbocycles. The molecule has 1 aromatic carbocycles. The lowest BCUT2D eigenvalue weighted by atomic mass is 9.93. The summed E-state index contributed by atoms with van der Waals surface area (Å²) in [5.41, 5.74) is 2.79. The van der Waals surface area contributed by atoms with Crippen molar-refractivity contribution < 1.29 is 4.39 Å². The molecule has 0 aromatic heterocycles. The van der Waals surface area contributed by atoms with Gasteiger partial charge in [0.05, 0.1) is 0 Å². The topological polar surface area (TPSA) is 12.0 Å². The minimum Gasteiger partial charge on any atom is -0.391 e. The summed E-state index contributed by atoms with van der Waals surface area (Å²) in [7, 11) is 1.83. The predicted molar refractivity (Wildman–Crippen MR) is 62.8 cm³/mol. The first-order valence-corrected chi connectivity index (χ1v) is 4.87. The van der Waals surface area contributed by atoms with Gasteiger partial charge in [0, 0.05) is 18.7 Å². The molecule has 0 aliphatic heterocycles. The molecule has 0 heterocycles. The Hall–Kier alpha value is -1.57. The second-order valence-electron chi connectivity index (χ2n) is 3.53. The maximum absolute atomic E-state index is 12.7. The maximum Gasteiger partial charge on any atom is 0.123 e. The Morgan fingerprint density at radius 2 is 1.80 bits per heavy atom. The fourth-order valence-electron chi connectivity index (χ4n) is 1.34. The summed E-state index contributed by atoms with van der Waals surface area (Å²) in [6.07, 6.45) is 0. The van der Waals surface area contributed by atoms with Crippen molar-refractivity contribution in [1.29, 1.82) is 0 Å². The lowest BCUT2D eigenvalue weighted by molar-refractivity contribution is 0.627. The van der Waals surface area contributed by atoms with Crippen LogP contribution in [-0.2, 0) is 0 Å². The van der Waals surface area contributed by atoms with Crippen molar-refractivity contribution in [2.24, 2.45) is 5.92 Å². The van der Waals surface area contributed by atoms with Gasteiger partial charge in [-0.25, -0.2) is 4.39 Å². The van der Waals surface area contributed by atoms with Crippen LogP contribution in [0.25, 0.3) is 5.57 Å². The lowest BCUT2D eigenvalue weighted by Gasteiger charge is -2.17. The molecule has 0 spiro atoms. The van der Waals surface area contributed by atoms with Gasteiger partial charge in [0.15, 0.2) is 0 Å². The number of halogens is 1. The van der Waals surface area contributed by atoms with E-state index in [0.717, 1.165) is 16.8 Å². The molecule has 0 bridgehead atoms. The second-order valence-corrected chi connectivity index (χ2v) is 3.53. The van der Waals surface area contributed by atoms with E-state index in [1.54, 1.807) is 12.1 Å². The van der Waals surface area contributed by atoms with Crippen molar-refractivity contribution in [3.63, 3.8) is 0 Å². The summed E-state index contributed by atoms with van der Waals surface area (Å²) in [6.45, 7) is 9.91. The maximum atomic E-state index is 12.7. The Labute approximate surface area is 90.3 Å². The van der Waals surface area contributed by atoms with Gasteiger partial charge in [0.25, 0.3) is 0 Å². The lowest BCUT2D eigenvalue weighted by Crippen LogP contribution is -2.13. The van der Waals surface area contributed by atoms with E-state index in [2.05, 4.69) is 18.5 Å². The van der Waals surface area contributed by atoms with Crippen LogP contribution in [0.3, 0.4) is 0 Å². The number of hydrogen-bond acceptors (Lipinski definition) is 1. The Morgan fingerprint density at radius 3 is 2.27 bits per heavy atom. The molecule has 0 radical (unpaired) electrons. The van der Waals surface area contributed by atoms with Gasteiger partial charge in [-0.2, -0.15) is 0 Å². The first-order chi connectivity index (χ1) is 7.06. The van der Waals surface area contributed by atoms with Gasteiger partial charge >= 0.3 is 0 Å². The third-order valence-corrected chi connectivity index (χ3v) is 2.58. The van der Waals surface area contributed by atoms with Crippen LogP contribution in [0.4, 0.5) is 4.39 Å². The molecule has 0 amide bonds. The van der Waals surface area contributed by atoms with Crippen LogP contribution in [0, 0.1) is 11.7 Å². The van der Waals surface area contributed by atoms with Gasteiger partial charge in [-0.05, 0) is 23.3 Å². The smallest absolute Gasteiger partial charge is 0.123 e. The van der Waals surface area contributed by atoms with E-state index in [4.69, 9.17) is 0 Å². The van der Waals surface area contributed by atoms with Crippen molar-refractivity contribution >= 4 is 5.57 Å². The molecule has 0 fully saturated rings. The molecule has 0 aliphatic rings. The minimum absolute atomic E-state index is 0.139. The normalized spacial score (nSPS) is 11.9. The Kier molecular flexibility index (Phi) is 3.67. The fourth-order valence-corrected chi connectivity index (χ4v) is 1.34. The standard InChI is InChI=1S/C13H16FN/c1-9(11(3)15-4)10(2)12-5-7-13(14)8-6-12/h5-9,15H,2-3H2,1,4H3. The molecule has 0 saturated heterocycles. The highest BCUT2D eigenvalue weighted by Crippen LogP contribution is 2.25. The molecule has 1 atom stereocenters. The van der Waals surface area contributed by atoms with Crippen LogP contribution in [0.1, 0.15) is 12.5 Å². The SMILES string of the molecule is C=C(NC)C(C)C(=C)c1ccc(F)cc1. The fraction of sp³-hybridized carbons (Fsp3) is 0.231. The number of rotatable bonds is 4. The number of allylic oxidation sites excluding steroid dienone is 1. The van der Waals surface area contributed by atoms with Gasteiger partial charge in [-0.1, -0.05) is 32.2 Å². The van der Waals surface area contributed by atoms with Crippen molar-refractivity contribution in [2.75, 3.05) is 7.05 Å². The van der Waals surface area contributed by atoms with Crippen LogP contribution in [0.2, 0.25) is 0 Å². The molecule has 1 N–H and O–H groups in total. The quantitative estimate of drug-likeness (QED) is 0.795. The average Bonchev–Trinajstić information content (AvgIpc) is 2.27. The second kappa shape index (κ2) is 4.78. The van der Waals surface area contributed by atoms with E-state index in [-0.39, 0.29) is 11.7 Å². The van der Waals surface area contributed by atoms with E-state index in [1.807, 2.05) is 14.0 Å². The first kappa shape index (κ1) is 11.5. The van der Waals surface area contributed by atoms with Gasteiger partial charge in [0.1, 0.15) is 5.82 Å². The zero-order chi connectivity index (χ0) is 11.4. The van der Waals surface area contributed by atoms with Crippen LogP contribution >= 0.6 is 0 Å². The van der Waals surface area contributed by atoms with E-state index in [0.29, 0.717) is 0 Å². The molecule has 1 unspecified atom stereocenters. The van der Waals surface area contributed by atoms with Gasteiger partial charge < -0.3 is 5.32 Å². The van der Waals surface area contributed by atoms with E-state index >= 15 is 0 Å². The number of nitrogens with one attached hydrogen (secondary N) is 1. The molecule has 1 rings (SSSR count). The zero-order valence-electron chi connectivity index (χ0n) is 9.18. The molecule has 0 saturated carbocycles. The van der Waals surface area contributed by atoms with Gasteiger partial charge in [0.2, 0.25) is 0 Å². The highest BCUT2D eigenvalue weighted by Gasteiger charge is 2.11. The van der Waals surface area contributed by atoms with Crippen LogP contribution in [-0.4, -0.2) is 7.05 Å². The zero-order valence-corrected chi connectivity index (χ0v) is 9.18. The Bertz CT molecular complexity index is 365. The average molecular weight is 205 g/mol. The Morgan fingerprint density at radius 1 is 1.27 bits per heavy atom.